The van der Waals surface area contributed by atoms with Gasteiger partial charge in [0.2, 0.25) is 0 Å². The highest BCUT2D eigenvalue weighted by Gasteiger charge is 2.17. The smallest absolute Gasteiger partial charge is 0.00177 e. The Labute approximate surface area is 227 Å². The van der Waals surface area contributed by atoms with Gasteiger partial charge < -0.3 is 0 Å². The van der Waals surface area contributed by atoms with E-state index in [4.69, 9.17) is 0 Å². The molecule has 0 aromatic heterocycles. The Hall–Kier alpha value is -4.94. The van der Waals surface area contributed by atoms with Gasteiger partial charge in [-0.1, -0.05) is 121 Å². The molecule has 0 fully saturated rings. The first-order valence-corrected chi connectivity index (χ1v) is 13.6. The van der Waals surface area contributed by atoms with Crippen LogP contribution >= 0.6 is 0 Å². The molecule has 39 heavy (non-hydrogen) atoms. The fraction of sp³-hybridized carbons (Fsp3) is 0.0256. The van der Waals surface area contributed by atoms with Gasteiger partial charge in [0.15, 0.2) is 0 Å². The van der Waals surface area contributed by atoms with E-state index in [2.05, 4.69) is 146 Å². The molecule has 0 aliphatic carbocycles. The summed E-state index contributed by atoms with van der Waals surface area (Å²) in [5.41, 5.74) is 6.40. The molecule has 8 aromatic rings. The van der Waals surface area contributed by atoms with Crippen molar-refractivity contribution < 1.29 is 0 Å². The molecule has 0 radical (unpaired) electrons. The number of rotatable bonds is 2. The second kappa shape index (κ2) is 8.55. The zero-order valence-electron chi connectivity index (χ0n) is 21.8. The van der Waals surface area contributed by atoms with E-state index in [9.17, 15) is 0 Å². The highest BCUT2D eigenvalue weighted by Crippen LogP contribution is 2.44. The summed E-state index contributed by atoms with van der Waals surface area (Å²) in [5.74, 6) is 0. The fourth-order valence-corrected chi connectivity index (χ4v) is 6.39. The Bertz CT molecular complexity index is 2230. The minimum absolute atomic E-state index is 1.25. The first-order chi connectivity index (χ1) is 19.2. The van der Waals surface area contributed by atoms with Crippen LogP contribution in [0.1, 0.15) is 5.56 Å². The van der Waals surface area contributed by atoms with E-state index >= 15 is 0 Å². The van der Waals surface area contributed by atoms with Crippen molar-refractivity contribution in [1.29, 1.82) is 0 Å². The van der Waals surface area contributed by atoms with Gasteiger partial charge >= 0.3 is 0 Å². The molecule has 0 unspecified atom stereocenters. The van der Waals surface area contributed by atoms with Gasteiger partial charge in [-0.3, -0.25) is 0 Å². The summed E-state index contributed by atoms with van der Waals surface area (Å²) in [4.78, 5) is 0. The zero-order valence-corrected chi connectivity index (χ0v) is 21.8. The normalized spacial score (nSPS) is 11.7. The van der Waals surface area contributed by atoms with E-state index in [-0.39, 0.29) is 0 Å². The van der Waals surface area contributed by atoms with Crippen LogP contribution in [0.3, 0.4) is 0 Å². The number of aryl methyl sites for hydroxylation is 1. The van der Waals surface area contributed by atoms with Crippen molar-refractivity contribution in [2.24, 2.45) is 0 Å². The Morgan fingerprint density at radius 1 is 0.359 bits per heavy atom. The third-order valence-electron chi connectivity index (χ3n) is 8.34. The molecule has 0 heteroatoms. The Balaban J connectivity index is 1.49. The van der Waals surface area contributed by atoms with Crippen LogP contribution in [0.5, 0.6) is 0 Å². The maximum atomic E-state index is 2.38. The molecule has 8 aromatic carbocycles. The maximum absolute atomic E-state index is 2.38. The minimum atomic E-state index is 1.25. The summed E-state index contributed by atoms with van der Waals surface area (Å²) >= 11 is 0. The monoisotopic (exact) mass is 494 g/mol. The highest BCUT2D eigenvalue weighted by atomic mass is 14.2. The summed E-state index contributed by atoms with van der Waals surface area (Å²) < 4.78 is 0. The van der Waals surface area contributed by atoms with Gasteiger partial charge in [-0.05, 0) is 107 Å². The average molecular weight is 495 g/mol. The summed E-state index contributed by atoms with van der Waals surface area (Å²) in [6.07, 6.45) is 0. The van der Waals surface area contributed by atoms with Gasteiger partial charge in [0.25, 0.3) is 0 Å². The average Bonchev–Trinajstić information content (AvgIpc) is 3.00. The molecule has 0 bridgehead atoms. The summed E-state index contributed by atoms with van der Waals surface area (Å²) in [6.45, 7) is 2.23. The Morgan fingerprint density at radius 2 is 0.949 bits per heavy atom. The minimum Gasteiger partial charge on any atom is -0.0616 e. The van der Waals surface area contributed by atoms with Crippen molar-refractivity contribution in [3.05, 3.63) is 145 Å². The molecular weight excluding hydrogens is 468 g/mol. The molecule has 0 aliphatic heterocycles. The Morgan fingerprint density at radius 3 is 1.82 bits per heavy atom. The molecule has 0 saturated heterocycles. The third kappa shape index (κ3) is 3.46. The number of benzene rings is 8. The van der Waals surface area contributed by atoms with Crippen molar-refractivity contribution in [2.45, 2.75) is 6.92 Å². The van der Waals surface area contributed by atoms with Crippen LogP contribution in [0.25, 0.3) is 76.1 Å². The number of fused-ring (bicyclic) bond motifs is 6. The number of hydrogen-bond acceptors (Lipinski definition) is 0. The molecule has 0 amide bonds. The molecule has 0 spiro atoms. The van der Waals surface area contributed by atoms with Crippen LogP contribution < -0.4 is 0 Å². The van der Waals surface area contributed by atoms with Crippen molar-refractivity contribution in [3.8, 4) is 22.3 Å². The lowest BCUT2D eigenvalue weighted by atomic mass is 9.85. The van der Waals surface area contributed by atoms with Gasteiger partial charge in [0, 0.05) is 0 Å². The Kier molecular flexibility index (Phi) is 4.84. The molecule has 182 valence electrons. The number of hydrogen-bond donors (Lipinski definition) is 0. The van der Waals surface area contributed by atoms with Crippen molar-refractivity contribution in [1.82, 2.24) is 0 Å². The standard InChI is InChI=1S/C39H26/c1-25-14-20-36(31-17-15-26-8-2-3-10-28(26)22-31)39-37(25)24-29-11-5-7-13-35(29)38(39)32-19-21-34-30(23-32)18-16-27-9-4-6-12-33(27)34/h2-24H,1H3. The second-order valence-corrected chi connectivity index (χ2v) is 10.6. The van der Waals surface area contributed by atoms with Crippen molar-refractivity contribution >= 4 is 53.9 Å². The van der Waals surface area contributed by atoms with E-state index < -0.39 is 0 Å². The van der Waals surface area contributed by atoms with E-state index in [0.717, 1.165) is 0 Å². The SMILES string of the molecule is Cc1ccc(-c2ccc3ccccc3c2)c2c(-c3ccc4c(ccc5ccccc54)c3)c3ccccc3cc12. The predicted octanol–water partition coefficient (Wildman–Crippen LogP) is 11.1. The molecular formula is C39H26. The largest absolute Gasteiger partial charge is 0.0616 e. The van der Waals surface area contributed by atoms with Gasteiger partial charge in [-0.2, -0.15) is 0 Å². The molecule has 8 rings (SSSR count). The van der Waals surface area contributed by atoms with E-state index in [1.807, 2.05) is 0 Å². The molecule has 0 aliphatic rings. The van der Waals surface area contributed by atoms with E-state index in [1.54, 1.807) is 0 Å². The van der Waals surface area contributed by atoms with Gasteiger partial charge in [-0.15, -0.1) is 0 Å². The molecule has 0 N–H and O–H groups in total. The quantitative estimate of drug-likeness (QED) is 0.166. The van der Waals surface area contributed by atoms with Crippen LogP contribution in [0.4, 0.5) is 0 Å². The van der Waals surface area contributed by atoms with Crippen molar-refractivity contribution in [3.63, 3.8) is 0 Å². The maximum Gasteiger partial charge on any atom is -0.00177 e. The molecule has 0 nitrogen and oxygen atoms in total. The lowest BCUT2D eigenvalue weighted by Crippen LogP contribution is -1.92. The molecule has 0 atom stereocenters. The lowest BCUT2D eigenvalue weighted by molar-refractivity contribution is 1.53. The van der Waals surface area contributed by atoms with Crippen LogP contribution in [-0.2, 0) is 0 Å². The van der Waals surface area contributed by atoms with Crippen LogP contribution in [0.2, 0.25) is 0 Å². The molecule has 0 saturated carbocycles. The van der Waals surface area contributed by atoms with Gasteiger partial charge in [0.1, 0.15) is 0 Å². The van der Waals surface area contributed by atoms with Gasteiger partial charge in [-0.25, -0.2) is 0 Å². The van der Waals surface area contributed by atoms with Crippen LogP contribution in [-0.4, -0.2) is 0 Å². The zero-order chi connectivity index (χ0) is 25.9. The van der Waals surface area contributed by atoms with Gasteiger partial charge in [0.05, 0.1) is 0 Å². The van der Waals surface area contributed by atoms with Crippen molar-refractivity contribution in [2.75, 3.05) is 0 Å². The summed E-state index contributed by atoms with van der Waals surface area (Å²) in [7, 11) is 0. The molecule has 0 heterocycles. The topological polar surface area (TPSA) is 0 Å². The van der Waals surface area contributed by atoms with Crippen LogP contribution in [0.15, 0.2) is 140 Å². The highest BCUT2D eigenvalue weighted by molar-refractivity contribution is 6.19. The third-order valence-corrected chi connectivity index (χ3v) is 8.34. The van der Waals surface area contributed by atoms with E-state index in [1.165, 1.54) is 81.7 Å². The lowest BCUT2D eigenvalue weighted by Gasteiger charge is -2.18. The first-order valence-electron chi connectivity index (χ1n) is 13.6. The second-order valence-electron chi connectivity index (χ2n) is 10.6. The summed E-state index contributed by atoms with van der Waals surface area (Å²) in [5, 5.41) is 12.9. The summed E-state index contributed by atoms with van der Waals surface area (Å²) in [6, 6.07) is 51.5. The van der Waals surface area contributed by atoms with E-state index in [0.29, 0.717) is 0 Å². The fourth-order valence-electron chi connectivity index (χ4n) is 6.39. The first kappa shape index (κ1) is 22.1. The van der Waals surface area contributed by atoms with Crippen LogP contribution in [0, 0.1) is 6.92 Å². The predicted molar refractivity (Wildman–Crippen MR) is 170 cm³/mol.